The number of carbonyl (C=O) groups excluding carboxylic acids is 1. The normalized spacial score (nSPS) is 12.2. The lowest BCUT2D eigenvalue weighted by Gasteiger charge is -2.15. The summed E-state index contributed by atoms with van der Waals surface area (Å²) in [7, 11) is 0. The highest BCUT2D eigenvalue weighted by molar-refractivity contribution is 5.75. The number of rotatable bonds is 5. The molecule has 0 aromatic heterocycles. The molecule has 0 spiro atoms. The zero-order valence-electron chi connectivity index (χ0n) is 9.62. The molecule has 82 valence electrons. The second-order valence-corrected chi connectivity index (χ2v) is 3.66. The van der Waals surface area contributed by atoms with E-state index in [1.54, 1.807) is 6.07 Å². The number of hydrogen-bond acceptors (Lipinski definition) is 2. The highest BCUT2D eigenvalue weighted by Crippen LogP contribution is 2.29. The van der Waals surface area contributed by atoms with E-state index in [-0.39, 0.29) is 0 Å². The molecule has 0 saturated carbocycles. The van der Waals surface area contributed by atoms with Crippen LogP contribution in [0, 0.1) is 0 Å². The fraction of sp³-hybridized carbons (Fsp3) is 0.462. The van der Waals surface area contributed by atoms with Crippen LogP contribution in [0.15, 0.2) is 18.2 Å². The van der Waals surface area contributed by atoms with Gasteiger partial charge in [0.05, 0.1) is 6.61 Å². The van der Waals surface area contributed by atoms with Crippen LogP contribution in [0.4, 0.5) is 0 Å². The van der Waals surface area contributed by atoms with Crippen molar-refractivity contribution >= 4 is 6.29 Å². The first-order valence-corrected chi connectivity index (χ1v) is 5.44. The molecule has 0 aliphatic heterocycles. The average Bonchev–Trinajstić information content (AvgIpc) is 2.29. The van der Waals surface area contributed by atoms with Crippen LogP contribution in [0.1, 0.15) is 49.0 Å². The van der Waals surface area contributed by atoms with Crippen LogP contribution in [0.2, 0.25) is 0 Å². The van der Waals surface area contributed by atoms with Crippen molar-refractivity contribution < 1.29 is 9.53 Å². The maximum absolute atomic E-state index is 10.7. The summed E-state index contributed by atoms with van der Waals surface area (Å²) in [5, 5.41) is 0. The molecule has 0 unspecified atom stereocenters. The number of aldehydes is 1. The van der Waals surface area contributed by atoms with E-state index in [4.69, 9.17) is 4.74 Å². The zero-order valence-corrected chi connectivity index (χ0v) is 9.62. The average molecular weight is 206 g/mol. The third kappa shape index (κ3) is 2.82. The third-order valence-corrected chi connectivity index (χ3v) is 2.61. The Labute approximate surface area is 91.3 Å². The molecular formula is C13H18O2. The van der Waals surface area contributed by atoms with Gasteiger partial charge in [0.2, 0.25) is 0 Å². The van der Waals surface area contributed by atoms with Crippen molar-refractivity contribution in [1.82, 2.24) is 0 Å². The predicted octanol–water partition coefficient (Wildman–Crippen LogP) is 3.41. The van der Waals surface area contributed by atoms with Gasteiger partial charge in [0, 0.05) is 5.56 Å². The van der Waals surface area contributed by atoms with Crippen LogP contribution in [0.5, 0.6) is 5.75 Å². The Balaban J connectivity index is 3.09. The number of ether oxygens (including phenoxy) is 1. The second-order valence-electron chi connectivity index (χ2n) is 3.66. The molecule has 1 rings (SSSR count). The SMILES string of the molecule is CCOc1ccc(C=O)cc1[C@H](C)CC. The molecule has 0 saturated heterocycles. The number of hydrogen-bond donors (Lipinski definition) is 0. The van der Waals surface area contributed by atoms with Gasteiger partial charge in [-0.05, 0) is 43.0 Å². The molecule has 0 N–H and O–H groups in total. The first kappa shape index (κ1) is 11.8. The van der Waals surface area contributed by atoms with E-state index >= 15 is 0 Å². The van der Waals surface area contributed by atoms with Gasteiger partial charge in [-0.15, -0.1) is 0 Å². The Morgan fingerprint density at radius 1 is 1.40 bits per heavy atom. The second kappa shape index (κ2) is 5.54. The van der Waals surface area contributed by atoms with Crippen molar-refractivity contribution in [2.75, 3.05) is 6.61 Å². The van der Waals surface area contributed by atoms with Crippen LogP contribution in [-0.4, -0.2) is 12.9 Å². The molecule has 2 heteroatoms. The van der Waals surface area contributed by atoms with Crippen molar-refractivity contribution in [2.24, 2.45) is 0 Å². The topological polar surface area (TPSA) is 26.3 Å². The molecule has 1 aromatic carbocycles. The molecule has 0 radical (unpaired) electrons. The summed E-state index contributed by atoms with van der Waals surface area (Å²) in [6, 6.07) is 5.60. The van der Waals surface area contributed by atoms with Crippen molar-refractivity contribution in [3.8, 4) is 5.75 Å². The monoisotopic (exact) mass is 206 g/mol. The minimum Gasteiger partial charge on any atom is -0.494 e. The lowest BCUT2D eigenvalue weighted by Crippen LogP contribution is -2.00. The standard InChI is InChI=1S/C13H18O2/c1-4-10(3)12-8-11(9-14)6-7-13(12)15-5-2/h6-10H,4-5H2,1-3H3/t10-/m1/s1. The van der Waals surface area contributed by atoms with Crippen molar-refractivity contribution in [1.29, 1.82) is 0 Å². The maximum Gasteiger partial charge on any atom is 0.150 e. The van der Waals surface area contributed by atoms with Gasteiger partial charge in [0.1, 0.15) is 12.0 Å². The lowest BCUT2D eigenvalue weighted by molar-refractivity contribution is 0.112. The van der Waals surface area contributed by atoms with Crippen LogP contribution >= 0.6 is 0 Å². The predicted molar refractivity (Wildman–Crippen MR) is 61.7 cm³/mol. The fourth-order valence-corrected chi connectivity index (χ4v) is 1.53. The van der Waals surface area contributed by atoms with Gasteiger partial charge in [-0.1, -0.05) is 13.8 Å². The first-order valence-electron chi connectivity index (χ1n) is 5.44. The van der Waals surface area contributed by atoms with Crippen molar-refractivity contribution in [2.45, 2.75) is 33.1 Å². The largest absolute Gasteiger partial charge is 0.494 e. The molecular weight excluding hydrogens is 188 g/mol. The van der Waals surface area contributed by atoms with Gasteiger partial charge in [-0.2, -0.15) is 0 Å². The van der Waals surface area contributed by atoms with Gasteiger partial charge in [-0.25, -0.2) is 0 Å². The van der Waals surface area contributed by atoms with E-state index in [9.17, 15) is 4.79 Å². The Bertz CT molecular complexity index is 331. The minimum atomic E-state index is 0.423. The number of benzene rings is 1. The van der Waals surface area contributed by atoms with Crippen LogP contribution in [0.25, 0.3) is 0 Å². The van der Waals surface area contributed by atoms with Gasteiger partial charge < -0.3 is 4.74 Å². The molecule has 0 heterocycles. The summed E-state index contributed by atoms with van der Waals surface area (Å²) in [5.74, 6) is 1.32. The van der Waals surface area contributed by atoms with E-state index in [1.165, 1.54) is 0 Å². The molecule has 15 heavy (non-hydrogen) atoms. The van der Waals surface area contributed by atoms with E-state index in [0.29, 0.717) is 18.1 Å². The first-order chi connectivity index (χ1) is 7.22. The summed E-state index contributed by atoms with van der Waals surface area (Å²) in [6.45, 7) is 6.90. The van der Waals surface area contributed by atoms with Crippen LogP contribution in [0.3, 0.4) is 0 Å². The smallest absolute Gasteiger partial charge is 0.150 e. The van der Waals surface area contributed by atoms with E-state index in [0.717, 1.165) is 24.0 Å². The zero-order chi connectivity index (χ0) is 11.3. The Morgan fingerprint density at radius 3 is 2.67 bits per heavy atom. The van der Waals surface area contributed by atoms with E-state index in [2.05, 4.69) is 13.8 Å². The molecule has 0 aliphatic rings. The van der Waals surface area contributed by atoms with Crippen LogP contribution < -0.4 is 4.74 Å². The Kier molecular flexibility index (Phi) is 4.35. The highest BCUT2D eigenvalue weighted by Gasteiger charge is 2.10. The summed E-state index contributed by atoms with van der Waals surface area (Å²) in [4.78, 5) is 10.7. The van der Waals surface area contributed by atoms with Gasteiger partial charge >= 0.3 is 0 Å². The van der Waals surface area contributed by atoms with Crippen LogP contribution in [-0.2, 0) is 0 Å². The summed E-state index contributed by atoms with van der Waals surface area (Å²) >= 11 is 0. The molecule has 0 bridgehead atoms. The van der Waals surface area contributed by atoms with Gasteiger partial charge in [0.25, 0.3) is 0 Å². The molecule has 0 fully saturated rings. The van der Waals surface area contributed by atoms with Crippen molar-refractivity contribution in [3.63, 3.8) is 0 Å². The molecule has 0 amide bonds. The fourth-order valence-electron chi connectivity index (χ4n) is 1.53. The number of carbonyl (C=O) groups is 1. The lowest BCUT2D eigenvalue weighted by atomic mass is 9.96. The molecule has 2 nitrogen and oxygen atoms in total. The maximum atomic E-state index is 10.7. The third-order valence-electron chi connectivity index (χ3n) is 2.61. The molecule has 1 aromatic rings. The summed E-state index contributed by atoms with van der Waals surface area (Å²) < 4.78 is 5.54. The van der Waals surface area contributed by atoms with Crippen molar-refractivity contribution in [3.05, 3.63) is 29.3 Å². The Morgan fingerprint density at radius 2 is 2.13 bits per heavy atom. The Hall–Kier alpha value is -1.31. The molecule has 1 atom stereocenters. The quantitative estimate of drug-likeness (QED) is 0.690. The summed E-state index contributed by atoms with van der Waals surface area (Å²) in [6.07, 6.45) is 1.92. The van der Waals surface area contributed by atoms with Gasteiger partial charge in [-0.3, -0.25) is 4.79 Å². The molecule has 0 aliphatic carbocycles. The van der Waals surface area contributed by atoms with Gasteiger partial charge in [0.15, 0.2) is 0 Å². The van der Waals surface area contributed by atoms with E-state index in [1.807, 2.05) is 19.1 Å². The highest BCUT2D eigenvalue weighted by atomic mass is 16.5. The van der Waals surface area contributed by atoms with E-state index < -0.39 is 0 Å². The summed E-state index contributed by atoms with van der Waals surface area (Å²) in [5.41, 5.74) is 1.85. The minimum absolute atomic E-state index is 0.423.